The third-order valence-electron chi connectivity index (χ3n) is 3.98. The number of carbonyl (C=O) groups excluding carboxylic acids is 3. The highest BCUT2D eigenvalue weighted by molar-refractivity contribution is 6.08. The molecule has 0 aromatic heterocycles. The van der Waals surface area contributed by atoms with Gasteiger partial charge in [0.2, 0.25) is 5.91 Å². The standard InChI is InChI=1S/C15H19N3O3/c1-4-17(3)12(19)10-18-14(21)16-13(20)15(18,2)11-8-6-5-7-9-11/h5-9H,4,10H2,1-3H3,(H,16,20,21). The highest BCUT2D eigenvalue weighted by Crippen LogP contribution is 2.32. The maximum Gasteiger partial charge on any atom is 0.325 e. The van der Waals surface area contributed by atoms with E-state index in [0.29, 0.717) is 12.1 Å². The molecule has 1 aromatic rings. The molecule has 1 saturated heterocycles. The fourth-order valence-electron chi connectivity index (χ4n) is 2.32. The lowest BCUT2D eigenvalue weighted by Gasteiger charge is -2.32. The molecule has 1 fully saturated rings. The Kier molecular flexibility index (Phi) is 3.97. The van der Waals surface area contributed by atoms with Crippen LogP contribution >= 0.6 is 0 Å². The van der Waals surface area contributed by atoms with Crippen molar-refractivity contribution in [2.75, 3.05) is 20.1 Å². The molecular weight excluding hydrogens is 270 g/mol. The molecule has 1 aliphatic rings. The Morgan fingerprint density at radius 2 is 1.90 bits per heavy atom. The summed E-state index contributed by atoms with van der Waals surface area (Å²) in [6, 6.07) is 8.45. The van der Waals surface area contributed by atoms with E-state index in [1.165, 1.54) is 9.80 Å². The lowest BCUT2D eigenvalue weighted by molar-refractivity contribution is -0.133. The molecule has 1 unspecified atom stereocenters. The molecule has 1 heterocycles. The van der Waals surface area contributed by atoms with E-state index in [4.69, 9.17) is 0 Å². The Morgan fingerprint density at radius 1 is 1.29 bits per heavy atom. The van der Waals surface area contributed by atoms with Gasteiger partial charge in [-0.25, -0.2) is 4.79 Å². The van der Waals surface area contributed by atoms with Crippen LogP contribution in [0.1, 0.15) is 19.4 Å². The average molecular weight is 289 g/mol. The van der Waals surface area contributed by atoms with Crippen LogP contribution in [0.4, 0.5) is 4.79 Å². The van der Waals surface area contributed by atoms with Gasteiger partial charge >= 0.3 is 6.03 Å². The van der Waals surface area contributed by atoms with Gasteiger partial charge in [-0.2, -0.15) is 0 Å². The summed E-state index contributed by atoms with van der Waals surface area (Å²) in [5.74, 6) is -0.616. The number of urea groups is 1. The largest absolute Gasteiger partial charge is 0.344 e. The van der Waals surface area contributed by atoms with Gasteiger partial charge < -0.3 is 4.90 Å². The van der Waals surface area contributed by atoms with Crippen molar-refractivity contribution in [2.45, 2.75) is 19.4 Å². The van der Waals surface area contributed by atoms with Gasteiger partial charge in [-0.1, -0.05) is 30.3 Å². The first-order valence-electron chi connectivity index (χ1n) is 6.83. The van der Waals surface area contributed by atoms with Gasteiger partial charge in [-0.3, -0.25) is 19.8 Å². The van der Waals surface area contributed by atoms with Crippen LogP contribution in [0.15, 0.2) is 30.3 Å². The maximum absolute atomic E-state index is 12.2. The van der Waals surface area contributed by atoms with Gasteiger partial charge in [0.15, 0.2) is 0 Å². The highest BCUT2D eigenvalue weighted by atomic mass is 16.2. The predicted molar refractivity (Wildman–Crippen MR) is 77.3 cm³/mol. The summed E-state index contributed by atoms with van der Waals surface area (Å²) in [4.78, 5) is 39.2. The molecule has 0 bridgehead atoms. The average Bonchev–Trinajstić information content (AvgIpc) is 2.71. The van der Waals surface area contributed by atoms with Gasteiger partial charge in [0.1, 0.15) is 12.1 Å². The SMILES string of the molecule is CCN(C)C(=O)CN1C(=O)NC(=O)C1(C)c1ccccc1. The second kappa shape index (κ2) is 5.55. The molecule has 21 heavy (non-hydrogen) atoms. The number of imide groups is 1. The molecule has 1 atom stereocenters. The van der Waals surface area contributed by atoms with Gasteiger partial charge in [-0.05, 0) is 19.4 Å². The van der Waals surface area contributed by atoms with Crippen LogP contribution in [-0.2, 0) is 15.1 Å². The summed E-state index contributed by atoms with van der Waals surface area (Å²) >= 11 is 0. The number of hydrogen-bond acceptors (Lipinski definition) is 3. The second-order valence-electron chi connectivity index (χ2n) is 5.19. The second-order valence-corrected chi connectivity index (χ2v) is 5.19. The van der Waals surface area contributed by atoms with Crippen molar-refractivity contribution in [2.24, 2.45) is 0 Å². The van der Waals surface area contributed by atoms with Crippen LogP contribution < -0.4 is 5.32 Å². The van der Waals surface area contributed by atoms with Gasteiger partial charge in [0.25, 0.3) is 5.91 Å². The van der Waals surface area contributed by atoms with Gasteiger partial charge in [0, 0.05) is 13.6 Å². The Morgan fingerprint density at radius 3 is 2.48 bits per heavy atom. The molecule has 6 heteroatoms. The minimum absolute atomic E-state index is 0.132. The molecule has 1 N–H and O–H groups in total. The van der Waals surface area contributed by atoms with E-state index in [2.05, 4.69) is 5.32 Å². The van der Waals surface area contributed by atoms with Crippen LogP contribution in [0, 0.1) is 0 Å². The van der Waals surface area contributed by atoms with Gasteiger partial charge in [0.05, 0.1) is 0 Å². The molecule has 0 aliphatic carbocycles. The number of likely N-dealkylation sites (N-methyl/N-ethyl adjacent to an activating group) is 1. The summed E-state index contributed by atoms with van der Waals surface area (Å²) < 4.78 is 0. The summed E-state index contributed by atoms with van der Waals surface area (Å²) in [5, 5.41) is 2.30. The first-order chi connectivity index (χ1) is 9.91. The molecule has 6 nitrogen and oxygen atoms in total. The minimum atomic E-state index is -1.16. The van der Waals surface area contributed by atoms with Crippen LogP contribution in [0.3, 0.4) is 0 Å². The molecular formula is C15H19N3O3. The lowest BCUT2D eigenvalue weighted by Crippen LogP contribution is -2.49. The normalized spacial score (nSPS) is 21.4. The fourth-order valence-corrected chi connectivity index (χ4v) is 2.32. The maximum atomic E-state index is 12.2. The van der Waals surface area contributed by atoms with E-state index in [1.807, 2.05) is 13.0 Å². The van der Waals surface area contributed by atoms with Crippen LogP contribution in [0.2, 0.25) is 0 Å². The Bertz CT molecular complexity index is 573. The monoisotopic (exact) mass is 289 g/mol. The van der Waals surface area contributed by atoms with E-state index in [9.17, 15) is 14.4 Å². The number of amides is 4. The molecule has 0 saturated carbocycles. The van der Waals surface area contributed by atoms with Crippen molar-refractivity contribution in [1.29, 1.82) is 0 Å². The number of rotatable bonds is 4. The van der Waals surface area contributed by atoms with Crippen LogP contribution in [-0.4, -0.2) is 47.8 Å². The summed E-state index contributed by atoms with van der Waals surface area (Å²) in [6.07, 6.45) is 0. The molecule has 0 radical (unpaired) electrons. The first-order valence-corrected chi connectivity index (χ1v) is 6.83. The van der Waals surface area contributed by atoms with Crippen molar-refractivity contribution in [3.8, 4) is 0 Å². The molecule has 0 spiro atoms. The highest BCUT2D eigenvalue weighted by Gasteiger charge is 2.51. The van der Waals surface area contributed by atoms with E-state index in [-0.39, 0.29) is 12.5 Å². The van der Waals surface area contributed by atoms with Crippen molar-refractivity contribution in [1.82, 2.24) is 15.1 Å². The third kappa shape index (κ3) is 2.49. The van der Waals surface area contributed by atoms with E-state index >= 15 is 0 Å². The topological polar surface area (TPSA) is 69.7 Å². The zero-order valence-electron chi connectivity index (χ0n) is 12.4. The lowest BCUT2D eigenvalue weighted by atomic mass is 9.90. The zero-order valence-corrected chi connectivity index (χ0v) is 12.4. The van der Waals surface area contributed by atoms with E-state index < -0.39 is 17.5 Å². The molecule has 112 valence electrons. The van der Waals surface area contributed by atoms with E-state index in [1.54, 1.807) is 38.2 Å². The summed E-state index contributed by atoms with van der Waals surface area (Å²) in [5.41, 5.74) is -0.483. The Hall–Kier alpha value is -2.37. The number of nitrogens with zero attached hydrogens (tertiary/aromatic N) is 2. The first kappa shape index (κ1) is 15.0. The molecule has 4 amide bonds. The number of carbonyl (C=O) groups is 3. The smallest absolute Gasteiger partial charge is 0.325 e. The van der Waals surface area contributed by atoms with E-state index in [0.717, 1.165) is 0 Å². The molecule has 2 rings (SSSR count). The minimum Gasteiger partial charge on any atom is -0.344 e. The number of hydrogen-bond donors (Lipinski definition) is 1. The fraction of sp³-hybridized carbons (Fsp3) is 0.400. The summed E-state index contributed by atoms with van der Waals surface area (Å²) in [6.45, 7) is 3.92. The van der Waals surface area contributed by atoms with Crippen LogP contribution in [0.25, 0.3) is 0 Å². The Labute approximate surface area is 123 Å². The van der Waals surface area contributed by atoms with Gasteiger partial charge in [-0.15, -0.1) is 0 Å². The molecule has 1 aliphatic heterocycles. The Balaban J connectivity index is 2.35. The number of nitrogens with one attached hydrogen (secondary N) is 1. The van der Waals surface area contributed by atoms with Crippen molar-refractivity contribution in [3.63, 3.8) is 0 Å². The predicted octanol–water partition coefficient (Wildman–Crippen LogP) is 0.932. The third-order valence-corrected chi connectivity index (χ3v) is 3.98. The van der Waals surface area contributed by atoms with Crippen molar-refractivity contribution in [3.05, 3.63) is 35.9 Å². The molecule has 1 aromatic carbocycles. The quantitative estimate of drug-likeness (QED) is 0.838. The summed E-state index contributed by atoms with van der Waals surface area (Å²) in [7, 11) is 1.66. The zero-order chi connectivity index (χ0) is 15.6. The van der Waals surface area contributed by atoms with Crippen LogP contribution in [0.5, 0.6) is 0 Å². The van der Waals surface area contributed by atoms with Crippen molar-refractivity contribution < 1.29 is 14.4 Å². The number of benzene rings is 1. The van der Waals surface area contributed by atoms with Crippen molar-refractivity contribution >= 4 is 17.8 Å².